The third-order valence-corrected chi connectivity index (χ3v) is 4.51. The lowest BCUT2D eigenvalue weighted by Crippen LogP contribution is -2.45. The zero-order chi connectivity index (χ0) is 21.2. The van der Waals surface area contributed by atoms with Gasteiger partial charge >= 0.3 is 0 Å². The van der Waals surface area contributed by atoms with Crippen LogP contribution in [0.2, 0.25) is 0 Å². The Morgan fingerprint density at radius 2 is 1.48 bits per heavy atom. The van der Waals surface area contributed by atoms with E-state index in [4.69, 9.17) is 16.6 Å². The zero-order valence-electron chi connectivity index (χ0n) is 18.3. The van der Waals surface area contributed by atoms with Gasteiger partial charge < -0.3 is 26.8 Å². The smallest absolute Gasteiger partial charge is 0.248 e. The van der Waals surface area contributed by atoms with Crippen LogP contribution in [0.3, 0.4) is 0 Å². The van der Waals surface area contributed by atoms with Crippen molar-refractivity contribution in [2.24, 2.45) is 11.5 Å². The van der Waals surface area contributed by atoms with Crippen molar-refractivity contribution in [3.63, 3.8) is 0 Å². The van der Waals surface area contributed by atoms with E-state index in [1.165, 1.54) is 64.1 Å². The Balaban J connectivity index is 0. The number of hydrogen-bond acceptors (Lipinski definition) is 5. The van der Waals surface area contributed by atoms with Crippen molar-refractivity contribution in [1.82, 2.24) is 10.2 Å². The fourth-order valence-corrected chi connectivity index (χ4v) is 3.12. The molecule has 1 aliphatic carbocycles. The van der Waals surface area contributed by atoms with Crippen LogP contribution in [0.1, 0.15) is 65.7 Å². The zero-order valence-corrected chi connectivity index (χ0v) is 18.3. The summed E-state index contributed by atoms with van der Waals surface area (Å²) in [5, 5.41) is 10.9. The van der Waals surface area contributed by atoms with E-state index in [9.17, 15) is 4.79 Å². The predicted molar refractivity (Wildman–Crippen MR) is 116 cm³/mol. The molecule has 0 unspecified atom stereocenters. The maximum Gasteiger partial charge on any atom is 0.248 e. The Labute approximate surface area is 167 Å². The lowest BCUT2D eigenvalue weighted by Gasteiger charge is -2.34. The average molecular weight is 385 g/mol. The number of hydrogen-bond donors (Lipinski definition) is 4. The molecule has 1 saturated heterocycles. The van der Waals surface area contributed by atoms with Crippen molar-refractivity contribution < 1.29 is 9.90 Å². The number of nitrogens with two attached hydrogens (primary N) is 2. The molecule has 6 heteroatoms. The Bertz CT molecular complexity index is 406. The van der Waals surface area contributed by atoms with E-state index >= 15 is 0 Å². The first-order valence-corrected chi connectivity index (χ1v) is 10.2. The van der Waals surface area contributed by atoms with Crippen LogP contribution in [0.4, 0.5) is 0 Å². The second-order valence-electron chi connectivity index (χ2n) is 6.86. The summed E-state index contributed by atoms with van der Waals surface area (Å²) in [5.74, 6) is -0.542. The molecule has 0 spiro atoms. The average Bonchev–Trinajstić information content (AvgIpc) is 2.68. The second-order valence-corrected chi connectivity index (χ2v) is 6.86. The van der Waals surface area contributed by atoms with Crippen LogP contribution in [0, 0.1) is 0 Å². The molecule has 160 valence electrons. The Hall–Kier alpha value is -1.37. The lowest BCUT2D eigenvalue weighted by molar-refractivity contribution is -0.114. The summed E-state index contributed by atoms with van der Waals surface area (Å²) in [5.41, 5.74) is 10.8. The standard InChI is InChI=1S/C12H24N2.C6H10N2O.C2H6.CH4O/c1-14-9-7-12(8-10-14)13-11-5-3-2-4-6-11;1-4(6(8)9)3-5(2)7;2*1-2/h11-13H,2-10H2,1H3;3H,1,7H2,2H3,(H2,8,9);1-2H3;2H,1H3/b;5-3-;;. The van der Waals surface area contributed by atoms with Gasteiger partial charge in [-0.25, -0.2) is 0 Å². The highest BCUT2D eigenvalue weighted by molar-refractivity contribution is 5.94. The third kappa shape index (κ3) is 15.4. The summed E-state index contributed by atoms with van der Waals surface area (Å²) >= 11 is 0. The van der Waals surface area contributed by atoms with Crippen molar-refractivity contribution in [3.05, 3.63) is 23.9 Å². The molecule has 0 aromatic heterocycles. The van der Waals surface area contributed by atoms with Gasteiger partial charge in [-0.2, -0.15) is 0 Å². The van der Waals surface area contributed by atoms with E-state index in [1.807, 2.05) is 13.8 Å². The van der Waals surface area contributed by atoms with Crippen LogP contribution in [0.25, 0.3) is 0 Å². The maximum atomic E-state index is 10.3. The summed E-state index contributed by atoms with van der Waals surface area (Å²) in [6.07, 6.45) is 11.3. The van der Waals surface area contributed by atoms with Gasteiger partial charge in [0.15, 0.2) is 0 Å². The first-order valence-electron chi connectivity index (χ1n) is 10.2. The lowest BCUT2D eigenvalue weighted by atomic mass is 9.93. The molecule has 1 amide bonds. The van der Waals surface area contributed by atoms with Crippen LogP contribution in [0.15, 0.2) is 23.9 Å². The van der Waals surface area contributed by atoms with Gasteiger partial charge in [0.25, 0.3) is 0 Å². The minimum Gasteiger partial charge on any atom is -0.402 e. The van der Waals surface area contributed by atoms with Crippen LogP contribution in [0.5, 0.6) is 0 Å². The number of nitrogens with one attached hydrogen (secondary N) is 1. The fourth-order valence-electron chi connectivity index (χ4n) is 3.12. The minimum absolute atomic E-state index is 0.231. The van der Waals surface area contributed by atoms with E-state index in [2.05, 4.69) is 23.8 Å². The van der Waals surface area contributed by atoms with Gasteiger partial charge in [0, 0.05) is 30.5 Å². The molecule has 0 atom stereocenters. The summed E-state index contributed by atoms with van der Waals surface area (Å²) in [6, 6.07) is 1.66. The number of aliphatic hydroxyl groups is 1. The molecule has 0 bridgehead atoms. The van der Waals surface area contributed by atoms with Crippen LogP contribution >= 0.6 is 0 Å². The number of likely N-dealkylation sites (tertiary alicyclic amines) is 1. The SMILES string of the molecule is C=C(/C=C(/C)N)C(N)=O.CC.CN1CCC(NC2CCCCC2)CC1.CO. The van der Waals surface area contributed by atoms with Gasteiger partial charge in [0.2, 0.25) is 5.91 Å². The number of carbonyl (C=O) groups is 1. The molecule has 2 rings (SSSR count). The minimum atomic E-state index is -0.542. The summed E-state index contributed by atoms with van der Waals surface area (Å²) in [4.78, 5) is 12.7. The molecule has 1 aliphatic heterocycles. The van der Waals surface area contributed by atoms with Gasteiger partial charge in [-0.05, 0) is 58.8 Å². The molecular weight excluding hydrogens is 340 g/mol. The molecule has 27 heavy (non-hydrogen) atoms. The molecule has 6 N–H and O–H groups in total. The molecule has 2 fully saturated rings. The van der Waals surface area contributed by atoms with Gasteiger partial charge in [-0.3, -0.25) is 4.79 Å². The highest BCUT2D eigenvalue weighted by Crippen LogP contribution is 2.19. The normalized spacial score (nSPS) is 18.7. The fraction of sp³-hybridized carbons (Fsp3) is 0.762. The summed E-state index contributed by atoms with van der Waals surface area (Å²) in [7, 11) is 3.23. The molecule has 1 saturated carbocycles. The van der Waals surface area contributed by atoms with Gasteiger partial charge in [-0.1, -0.05) is 39.7 Å². The molecule has 1 heterocycles. The van der Waals surface area contributed by atoms with E-state index in [1.54, 1.807) is 6.92 Å². The molecule has 2 aliphatic rings. The first kappa shape index (κ1) is 27.8. The third-order valence-electron chi connectivity index (χ3n) is 4.51. The quantitative estimate of drug-likeness (QED) is 0.440. The number of aliphatic hydroxyl groups excluding tert-OH is 1. The number of amides is 1. The van der Waals surface area contributed by atoms with Gasteiger partial charge in [0.1, 0.15) is 0 Å². The maximum absolute atomic E-state index is 10.3. The van der Waals surface area contributed by atoms with Crippen molar-refractivity contribution in [2.75, 3.05) is 27.2 Å². The van der Waals surface area contributed by atoms with Crippen molar-refractivity contribution in [3.8, 4) is 0 Å². The van der Waals surface area contributed by atoms with Crippen molar-refractivity contribution >= 4 is 5.91 Å². The summed E-state index contributed by atoms with van der Waals surface area (Å²) in [6.45, 7) is 11.6. The van der Waals surface area contributed by atoms with E-state index in [0.29, 0.717) is 5.70 Å². The van der Waals surface area contributed by atoms with Gasteiger partial charge in [0.05, 0.1) is 0 Å². The number of primary amides is 1. The van der Waals surface area contributed by atoms with Gasteiger partial charge in [-0.15, -0.1) is 0 Å². The van der Waals surface area contributed by atoms with Crippen LogP contribution in [-0.4, -0.2) is 55.2 Å². The number of allylic oxidation sites excluding steroid dienone is 1. The number of piperidine rings is 1. The topological polar surface area (TPSA) is 105 Å². The largest absolute Gasteiger partial charge is 0.402 e. The number of carbonyl (C=O) groups excluding carboxylic acids is 1. The highest BCUT2D eigenvalue weighted by Gasteiger charge is 2.20. The second kappa shape index (κ2) is 18.0. The van der Waals surface area contributed by atoms with Crippen LogP contribution in [-0.2, 0) is 4.79 Å². The van der Waals surface area contributed by atoms with E-state index in [0.717, 1.165) is 19.2 Å². The molecule has 6 nitrogen and oxygen atoms in total. The molecule has 0 aromatic rings. The monoisotopic (exact) mass is 384 g/mol. The highest BCUT2D eigenvalue weighted by atomic mass is 16.2. The number of rotatable bonds is 4. The predicted octanol–water partition coefficient (Wildman–Crippen LogP) is 2.53. The Morgan fingerprint density at radius 3 is 1.85 bits per heavy atom. The van der Waals surface area contributed by atoms with E-state index in [-0.39, 0.29) is 5.57 Å². The molecular formula is C21H44N4O2. The molecule has 0 radical (unpaired) electrons. The number of nitrogens with zero attached hydrogens (tertiary/aromatic N) is 1. The van der Waals surface area contributed by atoms with Crippen molar-refractivity contribution in [1.29, 1.82) is 0 Å². The van der Waals surface area contributed by atoms with E-state index < -0.39 is 5.91 Å². The Kier molecular flexibility index (Phi) is 18.6. The summed E-state index contributed by atoms with van der Waals surface area (Å²) < 4.78 is 0. The molecule has 0 aromatic carbocycles. The van der Waals surface area contributed by atoms with Crippen molar-refractivity contribution in [2.45, 2.75) is 77.8 Å². The Morgan fingerprint density at radius 1 is 1.04 bits per heavy atom. The first-order chi connectivity index (χ1) is 12.9. The van der Waals surface area contributed by atoms with Crippen LogP contribution < -0.4 is 16.8 Å².